The number of rotatable bonds is 3. The van der Waals surface area contributed by atoms with Crippen molar-refractivity contribution in [3.8, 4) is 0 Å². The number of hydrogen-bond donors (Lipinski definition) is 2. The Labute approximate surface area is 123 Å². The summed E-state index contributed by atoms with van der Waals surface area (Å²) in [5.41, 5.74) is 2.63. The van der Waals surface area contributed by atoms with Crippen molar-refractivity contribution < 1.29 is 9.90 Å². The molecule has 2 aliphatic heterocycles. The van der Waals surface area contributed by atoms with E-state index in [1.807, 2.05) is 6.07 Å². The van der Waals surface area contributed by atoms with Gasteiger partial charge in [0.15, 0.2) is 0 Å². The maximum atomic E-state index is 11.0. The third-order valence-corrected chi connectivity index (χ3v) is 4.55. The van der Waals surface area contributed by atoms with Crippen LogP contribution in [0.5, 0.6) is 0 Å². The van der Waals surface area contributed by atoms with Crippen molar-refractivity contribution in [2.45, 2.75) is 25.4 Å². The Morgan fingerprint density at radius 2 is 2.30 bits per heavy atom. The number of fused-ring (bicyclic) bond motifs is 1. The van der Waals surface area contributed by atoms with Crippen molar-refractivity contribution in [3.63, 3.8) is 0 Å². The minimum atomic E-state index is -0.666. The van der Waals surface area contributed by atoms with Crippen LogP contribution >= 0.6 is 11.6 Å². The topological polar surface area (TPSA) is 52.6 Å². The van der Waals surface area contributed by atoms with Gasteiger partial charge in [0.05, 0.1) is 5.92 Å². The van der Waals surface area contributed by atoms with Crippen LogP contribution in [0.2, 0.25) is 5.02 Å². The van der Waals surface area contributed by atoms with Gasteiger partial charge in [-0.25, -0.2) is 0 Å². The number of benzene rings is 1. The van der Waals surface area contributed by atoms with Crippen molar-refractivity contribution in [1.29, 1.82) is 0 Å². The minimum Gasteiger partial charge on any atom is -0.481 e. The third kappa shape index (κ3) is 2.97. The number of likely N-dealkylation sites (tertiary alicyclic amines) is 1. The zero-order chi connectivity index (χ0) is 14.1. The van der Waals surface area contributed by atoms with Crippen LogP contribution in [-0.2, 0) is 17.8 Å². The average Bonchev–Trinajstić information content (AvgIpc) is 2.87. The fraction of sp³-hybridized carbons (Fsp3) is 0.533. The van der Waals surface area contributed by atoms with E-state index in [1.54, 1.807) is 0 Å². The summed E-state index contributed by atoms with van der Waals surface area (Å²) in [6.45, 7) is 3.34. The standard InChI is InChI=1S/C15H19ClN2O2/c16-13-2-1-10-7-17-14(6-12(10)5-13)9-18-4-3-11(8-18)15(19)20/h1-2,5,11,14,17H,3-4,6-9H2,(H,19,20). The first-order valence-electron chi connectivity index (χ1n) is 7.07. The van der Waals surface area contributed by atoms with Gasteiger partial charge in [0.1, 0.15) is 0 Å². The lowest BCUT2D eigenvalue weighted by Crippen LogP contribution is -2.44. The Morgan fingerprint density at radius 1 is 1.45 bits per heavy atom. The van der Waals surface area contributed by atoms with Crippen molar-refractivity contribution in [3.05, 3.63) is 34.3 Å². The third-order valence-electron chi connectivity index (χ3n) is 4.32. The van der Waals surface area contributed by atoms with Crippen molar-refractivity contribution in [2.24, 2.45) is 5.92 Å². The van der Waals surface area contributed by atoms with E-state index in [9.17, 15) is 4.79 Å². The summed E-state index contributed by atoms with van der Waals surface area (Å²) >= 11 is 6.05. The van der Waals surface area contributed by atoms with E-state index in [4.69, 9.17) is 16.7 Å². The van der Waals surface area contributed by atoms with Gasteiger partial charge in [-0.1, -0.05) is 17.7 Å². The molecule has 2 N–H and O–H groups in total. The predicted octanol–water partition coefficient (Wildman–Crippen LogP) is 1.76. The van der Waals surface area contributed by atoms with E-state index in [-0.39, 0.29) is 5.92 Å². The largest absolute Gasteiger partial charge is 0.481 e. The zero-order valence-electron chi connectivity index (χ0n) is 11.3. The van der Waals surface area contributed by atoms with Crippen molar-refractivity contribution >= 4 is 17.6 Å². The van der Waals surface area contributed by atoms with E-state index < -0.39 is 5.97 Å². The molecule has 0 aliphatic carbocycles. The molecule has 2 aliphatic rings. The molecule has 0 spiro atoms. The van der Waals surface area contributed by atoms with Crippen LogP contribution in [0.1, 0.15) is 17.5 Å². The molecule has 108 valence electrons. The van der Waals surface area contributed by atoms with Gasteiger partial charge in [-0.2, -0.15) is 0 Å². The Kier molecular flexibility index (Phi) is 3.96. The maximum Gasteiger partial charge on any atom is 0.307 e. The predicted molar refractivity (Wildman–Crippen MR) is 78.0 cm³/mol. The summed E-state index contributed by atoms with van der Waals surface area (Å²) in [5, 5.41) is 13.4. The molecule has 1 saturated heterocycles. The van der Waals surface area contributed by atoms with Crippen LogP contribution in [0, 0.1) is 5.92 Å². The number of nitrogens with one attached hydrogen (secondary N) is 1. The number of halogens is 1. The highest BCUT2D eigenvalue weighted by Crippen LogP contribution is 2.23. The zero-order valence-corrected chi connectivity index (χ0v) is 12.1. The number of nitrogens with zero attached hydrogens (tertiary/aromatic N) is 1. The van der Waals surface area contributed by atoms with E-state index >= 15 is 0 Å². The van der Waals surface area contributed by atoms with Gasteiger partial charge in [-0.15, -0.1) is 0 Å². The molecule has 1 aromatic carbocycles. The molecular weight excluding hydrogens is 276 g/mol. The maximum absolute atomic E-state index is 11.0. The molecule has 3 rings (SSSR count). The molecule has 0 bridgehead atoms. The molecule has 4 nitrogen and oxygen atoms in total. The molecule has 20 heavy (non-hydrogen) atoms. The molecule has 0 aromatic heterocycles. The highest BCUT2D eigenvalue weighted by molar-refractivity contribution is 6.30. The Morgan fingerprint density at radius 3 is 3.05 bits per heavy atom. The summed E-state index contributed by atoms with van der Waals surface area (Å²) in [4.78, 5) is 13.2. The summed E-state index contributed by atoms with van der Waals surface area (Å²) < 4.78 is 0. The summed E-state index contributed by atoms with van der Waals surface area (Å²) in [7, 11) is 0. The van der Waals surface area contributed by atoms with Gasteiger partial charge in [0.2, 0.25) is 0 Å². The molecule has 0 saturated carbocycles. The van der Waals surface area contributed by atoms with Gasteiger partial charge in [0.25, 0.3) is 0 Å². The fourth-order valence-corrected chi connectivity index (χ4v) is 3.38. The lowest BCUT2D eigenvalue weighted by molar-refractivity contribution is -0.141. The molecule has 1 aromatic rings. The second-order valence-corrected chi connectivity index (χ2v) is 6.21. The SMILES string of the molecule is O=C(O)C1CCN(CC2Cc3cc(Cl)ccc3CN2)C1. The second kappa shape index (κ2) is 5.72. The van der Waals surface area contributed by atoms with Crippen LogP contribution in [0.15, 0.2) is 18.2 Å². The van der Waals surface area contributed by atoms with Crippen LogP contribution in [0.4, 0.5) is 0 Å². The molecule has 2 atom stereocenters. The quantitative estimate of drug-likeness (QED) is 0.892. The first-order chi connectivity index (χ1) is 9.61. The number of carboxylic acid groups (broad SMARTS) is 1. The van der Waals surface area contributed by atoms with Crippen LogP contribution in [0.25, 0.3) is 0 Å². The monoisotopic (exact) mass is 294 g/mol. The number of aliphatic carboxylic acids is 1. The normalized spacial score (nSPS) is 26.4. The minimum absolute atomic E-state index is 0.194. The Bertz CT molecular complexity index is 521. The average molecular weight is 295 g/mol. The molecule has 5 heteroatoms. The molecule has 2 heterocycles. The Hall–Kier alpha value is -1.10. The molecule has 2 unspecified atom stereocenters. The molecular formula is C15H19ClN2O2. The van der Waals surface area contributed by atoms with Gasteiger partial charge in [-0.3, -0.25) is 4.79 Å². The number of hydrogen-bond acceptors (Lipinski definition) is 3. The Balaban J connectivity index is 1.59. The molecule has 1 fully saturated rings. The van der Waals surface area contributed by atoms with E-state index in [0.717, 1.165) is 37.5 Å². The second-order valence-electron chi connectivity index (χ2n) is 5.78. The smallest absolute Gasteiger partial charge is 0.307 e. The van der Waals surface area contributed by atoms with Crippen LogP contribution in [-0.4, -0.2) is 41.7 Å². The summed E-state index contributed by atoms with van der Waals surface area (Å²) in [5.74, 6) is -0.860. The number of carbonyl (C=O) groups is 1. The van der Waals surface area contributed by atoms with Crippen molar-refractivity contribution in [2.75, 3.05) is 19.6 Å². The van der Waals surface area contributed by atoms with Crippen LogP contribution < -0.4 is 5.32 Å². The lowest BCUT2D eigenvalue weighted by Gasteiger charge is -2.29. The van der Waals surface area contributed by atoms with E-state index in [2.05, 4.69) is 22.3 Å². The highest BCUT2D eigenvalue weighted by Gasteiger charge is 2.30. The lowest BCUT2D eigenvalue weighted by atomic mass is 9.95. The highest BCUT2D eigenvalue weighted by atomic mass is 35.5. The van der Waals surface area contributed by atoms with Crippen LogP contribution in [0.3, 0.4) is 0 Å². The fourth-order valence-electron chi connectivity index (χ4n) is 3.19. The van der Waals surface area contributed by atoms with Gasteiger partial charge < -0.3 is 15.3 Å². The van der Waals surface area contributed by atoms with Gasteiger partial charge >= 0.3 is 5.97 Å². The van der Waals surface area contributed by atoms with Crippen molar-refractivity contribution in [1.82, 2.24) is 10.2 Å². The first kappa shape index (κ1) is 13.9. The molecule has 0 radical (unpaired) electrons. The first-order valence-corrected chi connectivity index (χ1v) is 7.45. The van der Waals surface area contributed by atoms with Gasteiger partial charge in [0, 0.05) is 30.7 Å². The van der Waals surface area contributed by atoms with E-state index in [0.29, 0.717) is 12.6 Å². The van der Waals surface area contributed by atoms with E-state index in [1.165, 1.54) is 11.1 Å². The number of carboxylic acids is 1. The summed E-state index contributed by atoms with van der Waals surface area (Å²) in [6, 6.07) is 6.44. The van der Waals surface area contributed by atoms with Gasteiger partial charge in [-0.05, 0) is 42.6 Å². The molecule has 0 amide bonds. The summed E-state index contributed by atoms with van der Waals surface area (Å²) in [6.07, 6.45) is 1.73.